The Morgan fingerprint density at radius 3 is 2.77 bits per heavy atom. The Labute approximate surface area is 152 Å². The van der Waals surface area contributed by atoms with Crippen LogP contribution >= 0.6 is 0 Å². The standard InChI is InChI=1S/C19H21N5O2/c1-14-21-16(12-20)19(26-14)23-10-8-22(9-11-23)18(25)13-24-7-6-15-4-2-3-5-17(15)24/h2-5H,6-11,13H2,1H3. The van der Waals surface area contributed by atoms with Crippen molar-refractivity contribution in [2.45, 2.75) is 13.3 Å². The summed E-state index contributed by atoms with van der Waals surface area (Å²) < 4.78 is 5.57. The van der Waals surface area contributed by atoms with E-state index >= 15 is 0 Å². The SMILES string of the molecule is Cc1nc(C#N)c(N2CCN(C(=O)CN3CCc4ccccc43)CC2)o1. The number of para-hydroxylation sites is 1. The van der Waals surface area contributed by atoms with Gasteiger partial charge >= 0.3 is 0 Å². The first-order valence-corrected chi connectivity index (χ1v) is 8.89. The average Bonchev–Trinajstić information content (AvgIpc) is 3.25. The molecule has 1 aromatic heterocycles. The van der Waals surface area contributed by atoms with Crippen LogP contribution in [0.3, 0.4) is 0 Å². The second kappa shape index (κ2) is 6.71. The molecule has 0 aliphatic carbocycles. The highest BCUT2D eigenvalue weighted by Crippen LogP contribution is 2.27. The fourth-order valence-corrected chi connectivity index (χ4v) is 3.70. The van der Waals surface area contributed by atoms with Gasteiger partial charge in [-0.25, -0.2) is 4.98 Å². The predicted octanol–water partition coefficient (Wildman–Crippen LogP) is 1.57. The molecular formula is C19H21N5O2. The third-order valence-corrected chi connectivity index (χ3v) is 5.05. The topological polar surface area (TPSA) is 76.6 Å². The normalized spacial score (nSPS) is 16.5. The molecule has 0 saturated carbocycles. The predicted molar refractivity (Wildman–Crippen MR) is 97.1 cm³/mol. The number of benzene rings is 1. The Hall–Kier alpha value is -3.01. The van der Waals surface area contributed by atoms with Crippen LogP contribution in [-0.4, -0.2) is 55.1 Å². The molecule has 3 heterocycles. The van der Waals surface area contributed by atoms with Gasteiger partial charge in [0.1, 0.15) is 6.07 Å². The number of anilines is 2. The number of piperazine rings is 1. The summed E-state index contributed by atoms with van der Waals surface area (Å²) in [6, 6.07) is 10.4. The van der Waals surface area contributed by atoms with Gasteiger partial charge in [0.2, 0.25) is 17.5 Å². The molecule has 26 heavy (non-hydrogen) atoms. The molecule has 0 spiro atoms. The summed E-state index contributed by atoms with van der Waals surface area (Å²) in [5.41, 5.74) is 2.81. The van der Waals surface area contributed by atoms with E-state index in [9.17, 15) is 10.1 Å². The Kier molecular flexibility index (Phi) is 4.25. The summed E-state index contributed by atoms with van der Waals surface area (Å²) in [6.45, 7) is 5.59. The van der Waals surface area contributed by atoms with Gasteiger partial charge in [-0.05, 0) is 18.1 Å². The molecule has 1 fully saturated rings. The first-order chi connectivity index (χ1) is 12.7. The summed E-state index contributed by atoms with van der Waals surface area (Å²) in [4.78, 5) is 22.9. The van der Waals surface area contributed by atoms with Crippen molar-refractivity contribution < 1.29 is 9.21 Å². The van der Waals surface area contributed by atoms with Crippen LogP contribution in [0.25, 0.3) is 0 Å². The number of hydrogen-bond donors (Lipinski definition) is 0. The molecule has 7 heteroatoms. The minimum absolute atomic E-state index is 0.149. The molecule has 0 atom stereocenters. The lowest BCUT2D eigenvalue weighted by molar-refractivity contribution is -0.130. The molecule has 7 nitrogen and oxygen atoms in total. The van der Waals surface area contributed by atoms with Gasteiger partial charge in [0.05, 0.1) is 6.54 Å². The van der Waals surface area contributed by atoms with Crippen LogP contribution in [0.2, 0.25) is 0 Å². The minimum Gasteiger partial charge on any atom is -0.424 e. The van der Waals surface area contributed by atoms with E-state index in [1.807, 2.05) is 21.9 Å². The van der Waals surface area contributed by atoms with Crippen molar-refractivity contribution in [2.24, 2.45) is 0 Å². The molecule has 1 saturated heterocycles. The number of aromatic nitrogens is 1. The lowest BCUT2D eigenvalue weighted by Gasteiger charge is -2.35. The van der Waals surface area contributed by atoms with Gasteiger partial charge in [-0.3, -0.25) is 4.79 Å². The molecule has 0 N–H and O–H groups in total. The van der Waals surface area contributed by atoms with E-state index in [-0.39, 0.29) is 5.91 Å². The maximum Gasteiger partial charge on any atom is 0.242 e. The van der Waals surface area contributed by atoms with Crippen LogP contribution in [0, 0.1) is 18.3 Å². The van der Waals surface area contributed by atoms with Crippen molar-refractivity contribution in [1.29, 1.82) is 5.26 Å². The van der Waals surface area contributed by atoms with Crippen molar-refractivity contribution in [3.8, 4) is 6.07 Å². The van der Waals surface area contributed by atoms with Crippen LogP contribution in [-0.2, 0) is 11.2 Å². The summed E-state index contributed by atoms with van der Waals surface area (Å²) in [7, 11) is 0. The van der Waals surface area contributed by atoms with Gasteiger partial charge in [0.15, 0.2) is 5.89 Å². The molecule has 2 aliphatic rings. The number of nitrogens with zero attached hydrogens (tertiary/aromatic N) is 5. The lowest BCUT2D eigenvalue weighted by atomic mass is 10.2. The van der Waals surface area contributed by atoms with Gasteiger partial charge in [-0.2, -0.15) is 5.26 Å². The zero-order chi connectivity index (χ0) is 18.1. The maximum absolute atomic E-state index is 12.7. The van der Waals surface area contributed by atoms with Gasteiger partial charge in [-0.15, -0.1) is 0 Å². The van der Waals surface area contributed by atoms with Crippen LogP contribution in [0.1, 0.15) is 17.1 Å². The Morgan fingerprint density at radius 1 is 1.23 bits per heavy atom. The number of carbonyl (C=O) groups is 1. The van der Waals surface area contributed by atoms with Crippen molar-refractivity contribution in [3.05, 3.63) is 41.4 Å². The molecule has 0 unspecified atom stereocenters. The van der Waals surface area contributed by atoms with Crippen molar-refractivity contribution in [1.82, 2.24) is 9.88 Å². The summed E-state index contributed by atoms with van der Waals surface area (Å²) >= 11 is 0. The number of rotatable bonds is 3. The largest absolute Gasteiger partial charge is 0.424 e. The van der Waals surface area contributed by atoms with E-state index in [1.54, 1.807) is 6.92 Å². The van der Waals surface area contributed by atoms with Gasteiger partial charge in [0, 0.05) is 45.3 Å². The maximum atomic E-state index is 12.7. The van der Waals surface area contributed by atoms with E-state index in [1.165, 1.54) is 11.3 Å². The summed E-state index contributed by atoms with van der Waals surface area (Å²) in [6.07, 6.45) is 0.999. The van der Waals surface area contributed by atoms with Crippen LogP contribution in [0.15, 0.2) is 28.7 Å². The zero-order valence-electron chi connectivity index (χ0n) is 14.8. The molecule has 4 rings (SSSR count). The van der Waals surface area contributed by atoms with Gasteiger partial charge < -0.3 is 19.1 Å². The number of nitriles is 1. The van der Waals surface area contributed by atoms with Crippen LogP contribution in [0.5, 0.6) is 0 Å². The molecule has 0 radical (unpaired) electrons. The number of hydrogen-bond acceptors (Lipinski definition) is 6. The number of fused-ring (bicyclic) bond motifs is 1. The highest BCUT2D eigenvalue weighted by atomic mass is 16.4. The number of amides is 1. The van der Waals surface area contributed by atoms with Crippen molar-refractivity contribution in [3.63, 3.8) is 0 Å². The van der Waals surface area contributed by atoms with E-state index in [2.05, 4.69) is 28.1 Å². The zero-order valence-corrected chi connectivity index (χ0v) is 14.8. The fraction of sp³-hybridized carbons (Fsp3) is 0.421. The molecular weight excluding hydrogens is 330 g/mol. The number of carbonyl (C=O) groups excluding carboxylic acids is 1. The van der Waals surface area contributed by atoms with E-state index in [0.29, 0.717) is 50.2 Å². The molecule has 0 bridgehead atoms. The summed E-state index contributed by atoms with van der Waals surface area (Å²) in [5, 5.41) is 9.17. The average molecular weight is 351 g/mol. The second-order valence-corrected chi connectivity index (χ2v) is 6.67. The third kappa shape index (κ3) is 2.99. The first-order valence-electron chi connectivity index (χ1n) is 8.89. The molecule has 2 aromatic rings. The van der Waals surface area contributed by atoms with E-state index < -0.39 is 0 Å². The van der Waals surface area contributed by atoms with E-state index in [4.69, 9.17) is 4.42 Å². The smallest absolute Gasteiger partial charge is 0.242 e. The Morgan fingerprint density at radius 2 is 2.00 bits per heavy atom. The van der Waals surface area contributed by atoms with Gasteiger partial charge in [0.25, 0.3) is 0 Å². The summed E-state index contributed by atoms with van der Waals surface area (Å²) in [5.74, 6) is 1.16. The highest BCUT2D eigenvalue weighted by molar-refractivity contribution is 5.82. The van der Waals surface area contributed by atoms with Crippen molar-refractivity contribution in [2.75, 3.05) is 49.1 Å². The monoisotopic (exact) mass is 351 g/mol. The lowest BCUT2D eigenvalue weighted by Crippen LogP contribution is -2.51. The highest BCUT2D eigenvalue weighted by Gasteiger charge is 2.28. The number of oxazole rings is 1. The minimum atomic E-state index is 0.149. The second-order valence-electron chi connectivity index (χ2n) is 6.67. The molecule has 1 amide bonds. The molecule has 1 aromatic carbocycles. The van der Waals surface area contributed by atoms with Crippen LogP contribution in [0.4, 0.5) is 11.6 Å². The van der Waals surface area contributed by atoms with Crippen LogP contribution < -0.4 is 9.80 Å². The van der Waals surface area contributed by atoms with E-state index in [0.717, 1.165) is 13.0 Å². The van der Waals surface area contributed by atoms with Gasteiger partial charge in [-0.1, -0.05) is 18.2 Å². The number of aryl methyl sites for hydroxylation is 1. The first kappa shape index (κ1) is 16.5. The van der Waals surface area contributed by atoms with Crippen molar-refractivity contribution >= 4 is 17.5 Å². The Bertz CT molecular complexity index is 861. The molecule has 134 valence electrons. The fourth-order valence-electron chi connectivity index (χ4n) is 3.70. The molecule has 2 aliphatic heterocycles. The quantitative estimate of drug-likeness (QED) is 0.835. The third-order valence-electron chi connectivity index (χ3n) is 5.05. The Balaban J connectivity index is 1.36.